The summed E-state index contributed by atoms with van der Waals surface area (Å²) in [6.45, 7) is 1.95. The zero-order chi connectivity index (χ0) is 26.3. The Morgan fingerprint density at radius 2 is 1.81 bits per heavy atom. The number of nitrogens with zero attached hydrogens (tertiary/aromatic N) is 3. The van der Waals surface area contributed by atoms with Crippen LogP contribution in [0.3, 0.4) is 0 Å². The predicted molar refractivity (Wildman–Crippen MR) is 127 cm³/mol. The van der Waals surface area contributed by atoms with Gasteiger partial charge < -0.3 is 5.32 Å². The van der Waals surface area contributed by atoms with E-state index in [1.807, 2.05) is 13.0 Å². The number of benzene rings is 2. The molecule has 0 spiro atoms. The number of alkyl halides is 3. The van der Waals surface area contributed by atoms with Crippen LogP contribution in [0.15, 0.2) is 65.8 Å². The molecule has 1 atom stereocenters. The van der Waals surface area contributed by atoms with E-state index in [1.165, 1.54) is 24.4 Å². The first kappa shape index (κ1) is 25.6. The molecule has 3 N–H and O–H groups in total. The highest BCUT2D eigenvalue weighted by Crippen LogP contribution is 2.31. The highest BCUT2D eigenvalue weighted by atomic mass is 35.5. The monoisotopic (exact) mass is 537 g/mol. The summed E-state index contributed by atoms with van der Waals surface area (Å²) >= 11 is 6.21. The van der Waals surface area contributed by atoms with Gasteiger partial charge in [-0.25, -0.2) is 23.1 Å². The van der Waals surface area contributed by atoms with Gasteiger partial charge in [0.1, 0.15) is 5.56 Å². The molecule has 4 rings (SSSR count). The molecule has 0 aliphatic rings. The minimum absolute atomic E-state index is 0.114. The van der Waals surface area contributed by atoms with Crippen LogP contribution in [0, 0.1) is 0 Å². The van der Waals surface area contributed by atoms with Crippen LogP contribution < -0.4 is 10.5 Å². The molecule has 0 radical (unpaired) electrons. The van der Waals surface area contributed by atoms with Crippen LogP contribution in [-0.2, 0) is 16.2 Å². The molecule has 1 unspecified atom stereocenters. The minimum Gasteiger partial charge on any atom is -0.351 e. The molecule has 188 valence electrons. The number of sulfonamides is 1. The Hall–Kier alpha value is -3.48. The normalized spacial score (nSPS) is 13.1. The molecule has 36 heavy (non-hydrogen) atoms. The quantitative estimate of drug-likeness (QED) is 0.381. The van der Waals surface area contributed by atoms with Crippen molar-refractivity contribution in [3.63, 3.8) is 0 Å². The Kier molecular flexibility index (Phi) is 6.78. The Morgan fingerprint density at radius 3 is 2.42 bits per heavy atom. The standard InChI is InChI=1S/C23H19ClF3N5O3S/c1-13(16-4-2-3-5-17(16)24)12-30-21(33)19-20-29-11-10-18(32(20)31-22(19)36(28,34)35)14-6-8-15(9-7-14)23(25,26)27/h2-11,13H,12H2,1H3,(H,30,33)(H2,28,34,35). The highest BCUT2D eigenvalue weighted by Gasteiger charge is 2.31. The van der Waals surface area contributed by atoms with Gasteiger partial charge in [0.05, 0.1) is 11.3 Å². The van der Waals surface area contributed by atoms with Crippen molar-refractivity contribution < 1.29 is 26.4 Å². The Morgan fingerprint density at radius 1 is 1.14 bits per heavy atom. The molecular formula is C23H19ClF3N5O3S. The van der Waals surface area contributed by atoms with E-state index in [4.69, 9.17) is 16.7 Å². The summed E-state index contributed by atoms with van der Waals surface area (Å²) in [6.07, 6.45) is -3.23. The van der Waals surface area contributed by atoms with Gasteiger partial charge in [-0.15, -0.1) is 0 Å². The van der Waals surface area contributed by atoms with Crippen LogP contribution in [-0.4, -0.2) is 35.5 Å². The second kappa shape index (κ2) is 9.52. The summed E-state index contributed by atoms with van der Waals surface area (Å²) in [5, 5.41) is 11.8. The summed E-state index contributed by atoms with van der Waals surface area (Å²) in [4.78, 5) is 17.2. The zero-order valence-corrected chi connectivity index (χ0v) is 20.2. The van der Waals surface area contributed by atoms with Crippen molar-refractivity contribution in [1.29, 1.82) is 0 Å². The molecule has 0 saturated heterocycles. The van der Waals surface area contributed by atoms with Gasteiger partial charge in [-0.3, -0.25) is 4.79 Å². The lowest BCUT2D eigenvalue weighted by Crippen LogP contribution is -2.29. The third-order valence-corrected chi connectivity index (χ3v) is 6.66. The smallest absolute Gasteiger partial charge is 0.351 e. The van der Waals surface area contributed by atoms with Crippen LogP contribution in [0.25, 0.3) is 16.9 Å². The molecule has 0 aliphatic carbocycles. The summed E-state index contributed by atoms with van der Waals surface area (Å²) in [5.41, 5.74) is -0.0686. The summed E-state index contributed by atoms with van der Waals surface area (Å²) < 4.78 is 64.5. The van der Waals surface area contributed by atoms with Crippen molar-refractivity contribution in [2.45, 2.75) is 24.0 Å². The Bertz CT molecular complexity index is 1550. The van der Waals surface area contributed by atoms with Gasteiger partial charge in [-0.2, -0.15) is 18.3 Å². The lowest BCUT2D eigenvalue weighted by atomic mass is 10.0. The average Bonchev–Trinajstić information content (AvgIpc) is 3.23. The van der Waals surface area contributed by atoms with Crippen LogP contribution in [0.5, 0.6) is 0 Å². The first-order valence-corrected chi connectivity index (χ1v) is 12.4. The fraction of sp³-hybridized carbons (Fsp3) is 0.174. The number of nitrogens with one attached hydrogen (secondary N) is 1. The number of hydrogen-bond donors (Lipinski definition) is 2. The lowest BCUT2D eigenvalue weighted by molar-refractivity contribution is -0.137. The average molecular weight is 538 g/mol. The maximum absolute atomic E-state index is 13.1. The topological polar surface area (TPSA) is 119 Å². The first-order valence-electron chi connectivity index (χ1n) is 10.5. The van der Waals surface area contributed by atoms with Crippen molar-refractivity contribution in [2.75, 3.05) is 6.54 Å². The summed E-state index contributed by atoms with van der Waals surface area (Å²) in [7, 11) is -4.47. The Balaban J connectivity index is 1.74. The number of rotatable bonds is 6. The molecule has 0 aliphatic heterocycles. The van der Waals surface area contributed by atoms with E-state index >= 15 is 0 Å². The number of primary sulfonamides is 1. The number of fused-ring (bicyclic) bond motifs is 1. The molecule has 2 aromatic carbocycles. The molecule has 2 aromatic heterocycles. The maximum Gasteiger partial charge on any atom is 0.416 e. The van der Waals surface area contributed by atoms with Gasteiger partial charge in [0.15, 0.2) is 5.65 Å². The van der Waals surface area contributed by atoms with Crippen LogP contribution in [0.2, 0.25) is 5.02 Å². The van der Waals surface area contributed by atoms with Gasteiger partial charge in [0, 0.05) is 23.3 Å². The van der Waals surface area contributed by atoms with Crippen molar-refractivity contribution in [3.05, 3.63) is 82.5 Å². The second-order valence-corrected chi connectivity index (χ2v) is 9.88. The van der Waals surface area contributed by atoms with Crippen LogP contribution in [0.4, 0.5) is 13.2 Å². The fourth-order valence-electron chi connectivity index (χ4n) is 3.69. The van der Waals surface area contributed by atoms with Crippen molar-refractivity contribution in [3.8, 4) is 11.3 Å². The van der Waals surface area contributed by atoms with E-state index in [1.54, 1.807) is 18.2 Å². The summed E-state index contributed by atoms with van der Waals surface area (Å²) in [6, 6.07) is 12.7. The molecular weight excluding hydrogens is 519 g/mol. The molecule has 8 nitrogen and oxygen atoms in total. The number of carbonyl (C=O) groups is 1. The summed E-state index contributed by atoms with van der Waals surface area (Å²) in [5.74, 6) is -0.997. The van der Waals surface area contributed by atoms with E-state index in [-0.39, 0.29) is 34.9 Å². The number of hydrogen-bond acceptors (Lipinski definition) is 5. The largest absolute Gasteiger partial charge is 0.416 e. The number of nitrogens with two attached hydrogens (primary N) is 1. The molecule has 4 aromatic rings. The molecule has 1 amide bonds. The van der Waals surface area contributed by atoms with E-state index in [9.17, 15) is 26.4 Å². The zero-order valence-electron chi connectivity index (χ0n) is 18.6. The Labute approximate surface area is 209 Å². The van der Waals surface area contributed by atoms with Gasteiger partial charge in [0.2, 0.25) is 5.03 Å². The fourth-order valence-corrected chi connectivity index (χ4v) is 4.68. The third kappa shape index (κ3) is 5.06. The highest BCUT2D eigenvalue weighted by molar-refractivity contribution is 7.89. The maximum atomic E-state index is 13.1. The van der Waals surface area contributed by atoms with Crippen molar-refractivity contribution in [2.24, 2.45) is 5.14 Å². The number of aromatic nitrogens is 3. The van der Waals surface area contributed by atoms with E-state index in [2.05, 4.69) is 15.4 Å². The van der Waals surface area contributed by atoms with Crippen LogP contribution >= 0.6 is 11.6 Å². The number of amides is 1. The van der Waals surface area contributed by atoms with Crippen molar-refractivity contribution >= 4 is 33.2 Å². The second-order valence-electron chi connectivity index (χ2n) is 8.00. The first-order chi connectivity index (χ1) is 16.9. The van der Waals surface area contributed by atoms with E-state index < -0.39 is 32.7 Å². The molecule has 0 fully saturated rings. The molecule has 0 bridgehead atoms. The third-order valence-electron chi connectivity index (χ3n) is 5.50. The molecule has 13 heteroatoms. The van der Waals surface area contributed by atoms with Gasteiger partial charge in [0.25, 0.3) is 15.9 Å². The van der Waals surface area contributed by atoms with Gasteiger partial charge in [-0.1, -0.05) is 48.9 Å². The SMILES string of the molecule is CC(CNC(=O)c1c(S(N)(=O)=O)nn2c(-c3ccc(C(F)(F)F)cc3)ccnc12)c1ccccc1Cl. The van der Waals surface area contributed by atoms with E-state index in [0.29, 0.717) is 5.02 Å². The predicted octanol–water partition coefficient (Wildman–Crippen LogP) is 4.25. The molecule has 0 saturated carbocycles. The van der Waals surface area contributed by atoms with Crippen LogP contribution in [0.1, 0.15) is 34.3 Å². The van der Waals surface area contributed by atoms with Gasteiger partial charge in [-0.05, 0) is 35.7 Å². The number of carbonyl (C=O) groups excluding carboxylic acids is 1. The molecule has 2 heterocycles. The number of halogens is 4. The lowest BCUT2D eigenvalue weighted by Gasteiger charge is -2.14. The van der Waals surface area contributed by atoms with Gasteiger partial charge >= 0.3 is 6.18 Å². The minimum atomic E-state index is -4.52. The van der Waals surface area contributed by atoms with Crippen molar-refractivity contribution in [1.82, 2.24) is 19.9 Å². The van der Waals surface area contributed by atoms with E-state index in [0.717, 1.165) is 22.2 Å².